The van der Waals surface area contributed by atoms with Crippen molar-refractivity contribution in [1.29, 1.82) is 0 Å². The number of carbonyl (C=O) groups is 3. The molecule has 13 nitrogen and oxygen atoms in total. The van der Waals surface area contributed by atoms with Crippen LogP contribution in [-0.2, 0) is 33.3 Å². The summed E-state index contributed by atoms with van der Waals surface area (Å²) in [5, 5.41) is 0. The van der Waals surface area contributed by atoms with Gasteiger partial charge >= 0.3 is 23.6 Å². The van der Waals surface area contributed by atoms with E-state index in [1.54, 1.807) is 0 Å². The van der Waals surface area contributed by atoms with Crippen molar-refractivity contribution < 1.29 is 33.3 Å². The third kappa shape index (κ3) is 2.76. The van der Waals surface area contributed by atoms with Crippen molar-refractivity contribution in [2.75, 3.05) is 0 Å². The summed E-state index contributed by atoms with van der Waals surface area (Å²) in [6.07, 6.45) is -4.49. The molecule has 0 bridgehead atoms. The Hall–Kier alpha value is -3.48. The highest BCUT2D eigenvalue weighted by Gasteiger charge is 2.61. The van der Waals surface area contributed by atoms with Crippen molar-refractivity contribution in [2.45, 2.75) is 44.5 Å². The number of imidazole rings is 1. The predicted molar refractivity (Wildman–Crippen MR) is 85.9 cm³/mol. The Morgan fingerprint density at radius 2 is 1.82 bits per heavy atom. The van der Waals surface area contributed by atoms with Gasteiger partial charge in [-0.3, -0.25) is 28.9 Å². The van der Waals surface area contributed by atoms with Crippen LogP contribution in [0.5, 0.6) is 0 Å². The lowest BCUT2D eigenvalue weighted by Gasteiger charge is -2.22. The van der Waals surface area contributed by atoms with Crippen LogP contribution in [0.4, 0.5) is 0 Å². The number of H-pyrrole nitrogens is 2. The minimum atomic E-state index is -1.34. The highest BCUT2D eigenvalue weighted by molar-refractivity contribution is 5.82. The van der Waals surface area contributed by atoms with Crippen molar-refractivity contribution in [1.82, 2.24) is 19.5 Å². The Balaban J connectivity index is 1.78. The van der Waals surface area contributed by atoms with E-state index in [4.69, 9.17) is 18.9 Å². The number of hydrogen-bond donors (Lipinski definition) is 2. The number of ether oxygens (including phenoxy) is 4. The maximum absolute atomic E-state index is 12.0. The molecule has 0 amide bonds. The second kappa shape index (κ2) is 6.30. The van der Waals surface area contributed by atoms with E-state index in [0.29, 0.717) is 0 Å². The molecule has 2 aliphatic rings. The molecule has 4 heterocycles. The number of aromatic amines is 2. The SMILES string of the molecule is CC(=O)O[C@@H]1[C@H]2OC(=O)[C@H](OC(C)=O)[C@@H]2O[C@@H]1n1cnc2c(=O)[nH]c(=O)[nH]c21. The van der Waals surface area contributed by atoms with Crippen LogP contribution in [0.2, 0.25) is 0 Å². The van der Waals surface area contributed by atoms with E-state index in [-0.39, 0.29) is 11.2 Å². The van der Waals surface area contributed by atoms with E-state index in [0.717, 1.165) is 13.8 Å². The topological polar surface area (TPSA) is 172 Å². The van der Waals surface area contributed by atoms with Gasteiger partial charge in [-0.25, -0.2) is 14.6 Å². The molecule has 5 atom stereocenters. The maximum atomic E-state index is 12.0. The van der Waals surface area contributed by atoms with Crippen molar-refractivity contribution in [3.05, 3.63) is 27.2 Å². The average molecular weight is 394 g/mol. The zero-order chi connectivity index (χ0) is 20.2. The highest BCUT2D eigenvalue weighted by Crippen LogP contribution is 2.40. The first-order valence-electron chi connectivity index (χ1n) is 8.16. The molecule has 2 fully saturated rings. The third-order valence-electron chi connectivity index (χ3n) is 4.35. The van der Waals surface area contributed by atoms with Crippen molar-refractivity contribution in [2.24, 2.45) is 0 Å². The number of carbonyl (C=O) groups excluding carboxylic acids is 3. The number of nitrogens with zero attached hydrogens (tertiary/aromatic N) is 2. The number of esters is 3. The van der Waals surface area contributed by atoms with Crippen molar-refractivity contribution in [3.63, 3.8) is 0 Å². The normalized spacial score (nSPS) is 28.8. The van der Waals surface area contributed by atoms with Crippen LogP contribution >= 0.6 is 0 Å². The van der Waals surface area contributed by atoms with Crippen LogP contribution < -0.4 is 11.2 Å². The second-order valence-electron chi connectivity index (χ2n) is 6.25. The number of nitrogens with one attached hydrogen (secondary N) is 2. The number of aromatic nitrogens is 4. The lowest BCUT2D eigenvalue weighted by molar-refractivity contribution is -0.174. The first-order valence-corrected chi connectivity index (χ1v) is 8.16. The van der Waals surface area contributed by atoms with Crippen molar-refractivity contribution in [3.8, 4) is 0 Å². The van der Waals surface area contributed by atoms with E-state index in [2.05, 4.69) is 9.97 Å². The third-order valence-corrected chi connectivity index (χ3v) is 4.35. The Morgan fingerprint density at radius 3 is 2.50 bits per heavy atom. The molecule has 0 radical (unpaired) electrons. The lowest BCUT2D eigenvalue weighted by atomic mass is 10.1. The quantitative estimate of drug-likeness (QED) is 0.442. The summed E-state index contributed by atoms with van der Waals surface area (Å²) in [5.74, 6) is -2.23. The lowest BCUT2D eigenvalue weighted by Crippen LogP contribution is -2.36. The van der Waals surface area contributed by atoms with E-state index in [1.807, 2.05) is 4.98 Å². The second-order valence-corrected chi connectivity index (χ2v) is 6.25. The summed E-state index contributed by atoms with van der Waals surface area (Å²) < 4.78 is 22.5. The van der Waals surface area contributed by atoms with Crippen LogP contribution in [-0.4, -0.2) is 61.8 Å². The Bertz CT molecular complexity index is 1100. The largest absolute Gasteiger partial charge is 0.454 e. The van der Waals surface area contributed by atoms with Crippen LogP contribution in [0.3, 0.4) is 0 Å². The first kappa shape index (κ1) is 17.9. The fourth-order valence-corrected chi connectivity index (χ4v) is 3.36. The van der Waals surface area contributed by atoms with Crippen LogP contribution in [0.1, 0.15) is 20.1 Å². The summed E-state index contributed by atoms with van der Waals surface area (Å²) in [6.45, 7) is 2.28. The molecule has 2 saturated heterocycles. The van der Waals surface area contributed by atoms with E-state index >= 15 is 0 Å². The van der Waals surface area contributed by atoms with E-state index < -0.39 is 59.8 Å². The molecule has 2 aliphatic heterocycles. The monoisotopic (exact) mass is 394 g/mol. The molecular formula is C15H14N4O9. The van der Waals surface area contributed by atoms with Gasteiger partial charge in [0.2, 0.25) is 6.10 Å². The zero-order valence-corrected chi connectivity index (χ0v) is 14.5. The maximum Gasteiger partial charge on any atom is 0.350 e. The Morgan fingerprint density at radius 1 is 1.11 bits per heavy atom. The zero-order valence-electron chi connectivity index (χ0n) is 14.5. The number of rotatable bonds is 3. The minimum absolute atomic E-state index is 0.0197. The number of fused-ring (bicyclic) bond motifs is 2. The summed E-state index contributed by atoms with van der Waals surface area (Å²) in [6, 6.07) is 0. The van der Waals surface area contributed by atoms with Gasteiger partial charge in [-0.05, 0) is 0 Å². The van der Waals surface area contributed by atoms with Crippen LogP contribution in [0, 0.1) is 0 Å². The smallest absolute Gasteiger partial charge is 0.350 e. The van der Waals surface area contributed by atoms with Crippen LogP contribution in [0.15, 0.2) is 15.9 Å². The summed E-state index contributed by atoms with van der Waals surface area (Å²) in [7, 11) is 0. The molecule has 0 aromatic carbocycles. The molecule has 0 saturated carbocycles. The molecule has 4 rings (SSSR count). The van der Waals surface area contributed by atoms with Gasteiger partial charge in [-0.1, -0.05) is 0 Å². The molecular weight excluding hydrogens is 380 g/mol. The van der Waals surface area contributed by atoms with Gasteiger partial charge in [0.05, 0.1) is 6.33 Å². The summed E-state index contributed by atoms with van der Waals surface area (Å²) in [4.78, 5) is 66.8. The molecule has 148 valence electrons. The molecule has 13 heteroatoms. The standard InChI is InChI=1S/C15H14N4O9/c1-4(20)25-9-7-8(10(14(23)28-7)26-5(2)21)27-13(9)19-3-16-6-11(19)17-15(24)18-12(6)22/h3,7-10,13H,1-2H3,(H2,17,18,22,24)/t7-,8+,9+,10+,13-/m0/s1. The van der Waals surface area contributed by atoms with Gasteiger partial charge < -0.3 is 18.9 Å². The molecule has 0 spiro atoms. The molecule has 0 unspecified atom stereocenters. The van der Waals surface area contributed by atoms with Gasteiger partial charge in [0.15, 0.2) is 24.0 Å². The van der Waals surface area contributed by atoms with Gasteiger partial charge in [-0.2, -0.15) is 0 Å². The molecule has 2 N–H and O–H groups in total. The molecule has 2 aromatic rings. The van der Waals surface area contributed by atoms with E-state index in [1.165, 1.54) is 10.9 Å². The van der Waals surface area contributed by atoms with Gasteiger partial charge in [-0.15, -0.1) is 0 Å². The van der Waals surface area contributed by atoms with Gasteiger partial charge in [0.1, 0.15) is 11.8 Å². The predicted octanol–water partition coefficient (Wildman–Crippen LogP) is -1.90. The van der Waals surface area contributed by atoms with Crippen molar-refractivity contribution >= 4 is 29.1 Å². The summed E-state index contributed by atoms with van der Waals surface area (Å²) in [5.41, 5.74) is -1.55. The van der Waals surface area contributed by atoms with E-state index in [9.17, 15) is 24.0 Å². The van der Waals surface area contributed by atoms with Gasteiger partial charge in [0, 0.05) is 13.8 Å². The first-order chi connectivity index (χ1) is 13.3. The highest BCUT2D eigenvalue weighted by atomic mass is 16.7. The Kier molecular flexibility index (Phi) is 4.03. The molecule has 0 aliphatic carbocycles. The fraction of sp³-hybridized carbons (Fsp3) is 0.467. The summed E-state index contributed by atoms with van der Waals surface area (Å²) >= 11 is 0. The molecule has 2 aromatic heterocycles. The molecule has 28 heavy (non-hydrogen) atoms. The number of hydrogen-bond acceptors (Lipinski definition) is 10. The minimum Gasteiger partial charge on any atom is -0.454 e. The average Bonchev–Trinajstić information content (AvgIpc) is 3.22. The fourth-order valence-electron chi connectivity index (χ4n) is 3.36. The van der Waals surface area contributed by atoms with Crippen LogP contribution in [0.25, 0.3) is 11.2 Å². The Labute approximate surface area is 154 Å². The van der Waals surface area contributed by atoms with Gasteiger partial charge in [0.25, 0.3) is 5.56 Å².